The SMILES string of the molecule is CCN1CCN(Cn2nc(C)cc2C)CCN(Cn2nc(C)cc2C)CC1. The van der Waals surface area contributed by atoms with Gasteiger partial charge >= 0.3 is 0 Å². The number of likely N-dealkylation sites (N-methyl/N-ethyl adjacent to an activating group) is 1. The standard InChI is InChI=1S/C20H35N7/c1-6-23-7-9-24(15-26-19(4)13-17(2)21-26)11-12-25(10-8-23)16-27-20(5)14-18(3)22-27/h13-14H,6-12,15-16H2,1-5H3. The van der Waals surface area contributed by atoms with Gasteiger partial charge in [-0.15, -0.1) is 0 Å². The zero-order chi connectivity index (χ0) is 19.4. The summed E-state index contributed by atoms with van der Waals surface area (Å²) in [6.07, 6.45) is 0. The fourth-order valence-corrected chi connectivity index (χ4v) is 3.80. The Hall–Kier alpha value is -1.70. The molecule has 0 aromatic carbocycles. The molecule has 3 heterocycles. The molecule has 0 atom stereocenters. The van der Waals surface area contributed by atoms with Crippen molar-refractivity contribution in [3.8, 4) is 0 Å². The molecule has 1 saturated heterocycles. The maximum absolute atomic E-state index is 4.66. The van der Waals surface area contributed by atoms with Gasteiger partial charge in [0, 0.05) is 50.7 Å². The molecule has 1 fully saturated rings. The summed E-state index contributed by atoms with van der Waals surface area (Å²) in [5.74, 6) is 0. The van der Waals surface area contributed by atoms with Crippen LogP contribution in [0, 0.1) is 27.7 Å². The molecule has 0 unspecified atom stereocenters. The van der Waals surface area contributed by atoms with Gasteiger partial charge < -0.3 is 4.90 Å². The first-order valence-electron chi connectivity index (χ1n) is 10.1. The van der Waals surface area contributed by atoms with Crippen LogP contribution in [-0.4, -0.2) is 80.1 Å². The van der Waals surface area contributed by atoms with Gasteiger partial charge in [0.05, 0.1) is 24.7 Å². The number of hydrogen-bond donors (Lipinski definition) is 0. The van der Waals surface area contributed by atoms with E-state index in [0.29, 0.717) is 0 Å². The molecule has 1 aliphatic rings. The Balaban J connectivity index is 1.68. The average Bonchev–Trinajstić information content (AvgIpc) is 3.13. The number of hydrogen-bond acceptors (Lipinski definition) is 5. The van der Waals surface area contributed by atoms with Crippen molar-refractivity contribution in [2.75, 3.05) is 45.8 Å². The van der Waals surface area contributed by atoms with Gasteiger partial charge in [-0.2, -0.15) is 10.2 Å². The van der Waals surface area contributed by atoms with Crippen LogP contribution in [-0.2, 0) is 13.3 Å². The van der Waals surface area contributed by atoms with Crippen molar-refractivity contribution in [3.63, 3.8) is 0 Å². The van der Waals surface area contributed by atoms with Crippen LogP contribution in [0.3, 0.4) is 0 Å². The summed E-state index contributed by atoms with van der Waals surface area (Å²) in [5, 5.41) is 9.31. The van der Waals surface area contributed by atoms with Gasteiger partial charge in [0.1, 0.15) is 0 Å². The van der Waals surface area contributed by atoms with Crippen LogP contribution >= 0.6 is 0 Å². The normalized spacial score (nSPS) is 18.4. The summed E-state index contributed by atoms with van der Waals surface area (Å²) in [6, 6.07) is 4.31. The van der Waals surface area contributed by atoms with Gasteiger partial charge in [-0.25, -0.2) is 0 Å². The Kier molecular flexibility index (Phi) is 6.68. The molecule has 150 valence electrons. The predicted molar refractivity (Wildman–Crippen MR) is 109 cm³/mol. The van der Waals surface area contributed by atoms with Gasteiger partial charge in [-0.3, -0.25) is 19.2 Å². The lowest BCUT2D eigenvalue weighted by atomic mass is 10.4. The molecule has 7 nitrogen and oxygen atoms in total. The minimum Gasteiger partial charge on any atom is -0.301 e. The number of nitrogens with zero attached hydrogens (tertiary/aromatic N) is 7. The Labute approximate surface area is 163 Å². The van der Waals surface area contributed by atoms with Crippen molar-refractivity contribution in [3.05, 3.63) is 34.9 Å². The van der Waals surface area contributed by atoms with Crippen LogP contribution in [0.25, 0.3) is 0 Å². The summed E-state index contributed by atoms with van der Waals surface area (Å²) in [6.45, 7) is 20.0. The quantitative estimate of drug-likeness (QED) is 0.801. The minimum absolute atomic E-state index is 0.866. The zero-order valence-corrected chi connectivity index (χ0v) is 17.6. The van der Waals surface area contributed by atoms with Gasteiger partial charge in [-0.1, -0.05) is 6.92 Å². The van der Waals surface area contributed by atoms with E-state index in [2.05, 4.69) is 81.0 Å². The van der Waals surface area contributed by atoms with E-state index in [1.165, 1.54) is 11.4 Å². The lowest BCUT2D eigenvalue weighted by Crippen LogP contribution is -2.38. The highest BCUT2D eigenvalue weighted by atomic mass is 15.4. The van der Waals surface area contributed by atoms with Crippen molar-refractivity contribution >= 4 is 0 Å². The van der Waals surface area contributed by atoms with E-state index in [9.17, 15) is 0 Å². The third-order valence-corrected chi connectivity index (χ3v) is 5.52. The van der Waals surface area contributed by atoms with Crippen molar-refractivity contribution in [2.24, 2.45) is 0 Å². The van der Waals surface area contributed by atoms with Crippen molar-refractivity contribution in [1.29, 1.82) is 0 Å². The Morgan fingerprint density at radius 2 is 1.04 bits per heavy atom. The van der Waals surface area contributed by atoms with Crippen LogP contribution in [0.15, 0.2) is 12.1 Å². The second-order valence-corrected chi connectivity index (χ2v) is 7.81. The largest absolute Gasteiger partial charge is 0.301 e. The number of aromatic nitrogens is 4. The Morgan fingerprint density at radius 3 is 1.33 bits per heavy atom. The molecule has 0 amide bonds. The summed E-state index contributed by atoms with van der Waals surface area (Å²) in [4.78, 5) is 7.61. The number of rotatable bonds is 5. The lowest BCUT2D eigenvalue weighted by molar-refractivity contribution is 0.155. The maximum Gasteiger partial charge on any atom is 0.0932 e. The molecule has 2 aromatic rings. The molecule has 27 heavy (non-hydrogen) atoms. The van der Waals surface area contributed by atoms with Crippen molar-refractivity contribution in [1.82, 2.24) is 34.3 Å². The minimum atomic E-state index is 0.866. The smallest absolute Gasteiger partial charge is 0.0932 e. The molecular weight excluding hydrogens is 338 g/mol. The summed E-state index contributed by atoms with van der Waals surface area (Å²) in [7, 11) is 0. The first-order valence-corrected chi connectivity index (χ1v) is 10.1. The van der Waals surface area contributed by atoms with E-state index in [1.54, 1.807) is 0 Å². The zero-order valence-electron chi connectivity index (χ0n) is 17.6. The van der Waals surface area contributed by atoms with Crippen LogP contribution < -0.4 is 0 Å². The average molecular weight is 374 g/mol. The highest BCUT2D eigenvalue weighted by Gasteiger charge is 2.17. The van der Waals surface area contributed by atoms with Crippen LogP contribution in [0.1, 0.15) is 29.7 Å². The first kappa shape index (κ1) is 20.0. The second kappa shape index (κ2) is 8.99. The van der Waals surface area contributed by atoms with E-state index >= 15 is 0 Å². The summed E-state index contributed by atoms with van der Waals surface area (Å²) in [5.41, 5.74) is 4.66. The van der Waals surface area contributed by atoms with Crippen LogP contribution in [0.2, 0.25) is 0 Å². The van der Waals surface area contributed by atoms with Crippen LogP contribution in [0.4, 0.5) is 0 Å². The lowest BCUT2D eigenvalue weighted by Gasteiger charge is -2.26. The van der Waals surface area contributed by atoms with E-state index in [-0.39, 0.29) is 0 Å². The molecule has 0 aliphatic carbocycles. The Morgan fingerprint density at radius 1 is 0.667 bits per heavy atom. The predicted octanol–water partition coefficient (Wildman–Crippen LogP) is 1.87. The fraction of sp³-hybridized carbons (Fsp3) is 0.700. The van der Waals surface area contributed by atoms with E-state index in [1.807, 2.05) is 0 Å². The van der Waals surface area contributed by atoms with Gasteiger partial charge in [0.2, 0.25) is 0 Å². The van der Waals surface area contributed by atoms with E-state index in [0.717, 1.165) is 70.5 Å². The van der Waals surface area contributed by atoms with E-state index < -0.39 is 0 Å². The molecule has 2 aromatic heterocycles. The maximum atomic E-state index is 4.66. The van der Waals surface area contributed by atoms with E-state index in [4.69, 9.17) is 0 Å². The molecule has 0 bridgehead atoms. The highest BCUT2D eigenvalue weighted by molar-refractivity contribution is 5.07. The molecule has 0 saturated carbocycles. The molecular formula is C20H35N7. The molecule has 0 radical (unpaired) electrons. The third-order valence-electron chi connectivity index (χ3n) is 5.52. The van der Waals surface area contributed by atoms with Crippen LogP contribution in [0.5, 0.6) is 0 Å². The summed E-state index contributed by atoms with van der Waals surface area (Å²) >= 11 is 0. The van der Waals surface area contributed by atoms with Gasteiger partial charge in [0.25, 0.3) is 0 Å². The van der Waals surface area contributed by atoms with Crippen molar-refractivity contribution in [2.45, 2.75) is 48.0 Å². The van der Waals surface area contributed by atoms with Gasteiger partial charge in [0.15, 0.2) is 0 Å². The summed E-state index contributed by atoms with van der Waals surface area (Å²) < 4.78 is 4.27. The number of aryl methyl sites for hydroxylation is 4. The fourth-order valence-electron chi connectivity index (χ4n) is 3.80. The molecule has 0 spiro atoms. The second-order valence-electron chi connectivity index (χ2n) is 7.81. The monoisotopic (exact) mass is 373 g/mol. The molecule has 3 rings (SSSR count). The Bertz CT molecular complexity index is 673. The topological polar surface area (TPSA) is 45.4 Å². The first-order chi connectivity index (χ1) is 12.9. The molecule has 0 N–H and O–H groups in total. The van der Waals surface area contributed by atoms with Gasteiger partial charge in [-0.05, 0) is 46.4 Å². The van der Waals surface area contributed by atoms with Crippen molar-refractivity contribution < 1.29 is 0 Å². The third kappa shape index (κ3) is 5.40. The molecule has 1 aliphatic heterocycles. The molecule has 7 heteroatoms. The highest BCUT2D eigenvalue weighted by Crippen LogP contribution is 2.08.